The van der Waals surface area contributed by atoms with Crippen LogP contribution in [0.25, 0.3) is 0 Å². The lowest BCUT2D eigenvalue weighted by Crippen LogP contribution is -2.55. The second kappa shape index (κ2) is 3.87. The van der Waals surface area contributed by atoms with Crippen molar-refractivity contribution in [1.82, 2.24) is 5.32 Å². The smallest absolute Gasteiger partial charge is 0.317 e. The van der Waals surface area contributed by atoms with Gasteiger partial charge in [-0.05, 0) is 6.54 Å². The number of hydrogen-bond acceptors (Lipinski definition) is 4. The molecule has 0 aliphatic carbocycles. The van der Waals surface area contributed by atoms with E-state index < -0.39 is 5.41 Å². The molecule has 70 valence electrons. The van der Waals surface area contributed by atoms with Crippen molar-refractivity contribution in [2.45, 2.75) is 6.92 Å². The van der Waals surface area contributed by atoms with Crippen LogP contribution in [0.3, 0.4) is 0 Å². The van der Waals surface area contributed by atoms with Gasteiger partial charge in [0.1, 0.15) is 5.41 Å². The Labute approximate surface area is 72.2 Å². The minimum atomic E-state index is -0.412. The third-order valence-electron chi connectivity index (χ3n) is 2.09. The van der Waals surface area contributed by atoms with Crippen molar-refractivity contribution in [2.75, 3.05) is 33.4 Å². The molecule has 1 fully saturated rings. The van der Waals surface area contributed by atoms with Crippen LogP contribution in [0.5, 0.6) is 0 Å². The van der Waals surface area contributed by atoms with Crippen LogP contribution in [0.15, 0.2) is 0 Å². The van der Waals surface area contributed by atoms with E-state index in [0.717, 1.165) is 6.54 Å². The second-order valence-corrected chi connectivity index (χ2v) is 3.05. The van der Waals surface area contributed by atoms with Gasteiger partial charge in [0.25, 0.3) is 0 Å². The first-order valence-corrected chi connectivity index (χ1v) is 4.12. The van der Waals surface area contributed by atoms with E-state index in [4.69, 9.17) is 9.47 Å². The summed E-state index contributed by atoms with van der Waals surface area (Å²) in [6.07, 6.45) is 0. The first-order chi connectivity index (χ1) is 5.75. The summed E-state index contributed by atoms with van der Waals surface area (Å²) in [5, 5.41) is 3.13. The molecule has 4 heteroatoms. The Kier molecular flexibility index (Phi) is 3.05. The van der Waals surface area contributed by atoms with E-state index >= 15 is 0 Å². The zero-order chi connectivity index (χ0) is 9.03. The van der Waals surface area contributed by atoms with Crippen LogP contribution in [0.1, 0.15) is 6.92 Å². The van der Waals surface area contributed by atoms with E-state index in [1.807, 2.05) is 6.92 Å². The maximum absolute atomic E-state index is 11.3. The Morgan fingerprint density at radius 3 is 2.67 bits per heavy atom. The van der Waals surface area contributed by atoms with Gasteiger partial charge >= 0.3 is 5.97 Å². The molecule has 0 aromatic carbocycles. The van der Waals surface area contributed by atoms with Gasteiger partial charge in [-0.15, -0.1) is 0 Å². The Morgan fingerprint density at radius 1 is 1.67 bits per heavy atom. The largest absolute Gasteiger partial charge is 0.468 e. The van der Waals surface area contributed by atoms with Crippen molar-refractivity contribution in [3.05, 3.63) is 0 Å². The van der Waals surface area contributed by atoms with Crippen molar-refractivity contribution in [2.24, 2.45) is 5.41 Å². The Bertz CT molecular complexity index is 166. The van der Waals surface area contributed by atoms with Gasteiger partial charge < -0.3 is 14.8 Å². The van der Waals surface area contributed by atoms with Gasteiger partial charge in [-0.2, -0.15) is 0 Å². The average molecular weight is 173 g/mol. The highest BCUT2D eigenvalue weighted by molar-refractivity contribution is 5.78. The topological polar surface area (TPSA) is 47.6 Å². The highest BCUT2D eigenvalue weighted by atomic mass is 16.5. The second-order valence-electron chi connectivity index (χ2n) is 3.05. The maximum Gasteiger partial charge on any atom is 0.317 e. The molecule has 1 N–H and O–H groups in total. The van der Waals surface area contributed by atoms with Crippen molar-refractivity contribution >= 4 is 5.97 Å². The van der Waals surface area contributed by atoms with E-state index in [-0.39, 0.29) is 5.97 Å². The molecule has 0 unspecified atom stereocenters. The van der Waals surface area contributed by atoms with Crippen LogP contribution in [-0.4, -0.2) is 39.4 Å². The molecule has 0 atom stereocenters. The molecule has 0 aromatic rings. The predicted octanol–water partition coefficient (Wildman–Crippen LogP) is -0.215. The maximum atomic E-state index is 11.3. The van der Waals surface area contributed by atoms with Gasteiger partial charge in [-0.1, -0.05) is 6.92 Å². The molecule has 12 heavy (non-hydrogen) atoms. The standard InChI is InChI=1S/C8H15NO3/c1-3-9-4-8(5-12-6-8)7(10)11-2/h9H,3-6H2,1-2H3. The molecule has 0 aromatic heterocycles. The van der Waals surface area contributed by atoms with E-state index in [0.29, 0.717) is 19.8 Å². The number of carbonyl (C=O) groups excluding carboxylic acids is 1. The minimum absolute atomic E-state index is 0.172. The van der Waals surface area contributed by atoms with Gasteiger partial charge in [-0.25, -0.2) is 0 Å². The molecular formula is C8H15NO3. The van der Waals surface area contributed by atoms with Crippen molar-refractivity contribution in [3.8, 4) is 0 Å². The summed E-state index contributed by atoms with van der Waals surface area (Å²) in [7, 11) is 1.41. The number of hydrogen-bond donors (Lipinski definition) is 1. The number of ether oxygens (including phenoxy) is 2. The first-order valence-electron chi connectivity index (χ1n) is 4.12. The van der Waals surface area contributed by atoms with Crippen molar-refractivity contribution < 1.29 is 14.3 Å². The normalized spacial score (nSPS) is 19.8. The van der Waals surface area contributed by atoms with Crippen molar-refractivity contribution in [3.63, 3.8) is 0 Å². The molecule has 0 saturated carbocycles. The van der Waals surface area contributed by atoms with Gasteiger partial charge in [0.2, 0.25) is 0 Å². The third-order valence-corrected chi connectivity index (χ3v) is 2.09. The third kappa shape index (κ3) is 1.59. The van der Waals surface area contributed by atoms with Gasteiger partial charge in [0.05, 0.1) is 20.3 Å². The molecule has 1 heterocycles. The lowest BCUT2D eigenvalue weighted by Gasteiger charge is -2.38. The monoisotopic (exact) mass is 173 g/mol. The van der Waals surface area contributed by atoms with Crippen LogP contribution in [0, 0.1) is 5.41 Å². The zero-order valence-corrected chi connectivity index (χ0v) is 7.55. The van der Waals surface area contributed by atoms with E-state index in [1.54, 1.807) is 0 Å². The Morgan fingerprint density at radius 2 is 2.33 bits per heavy atom. The van der Waals surface area contributed by atoms with Crippen LogP contribution >= 0.6 is 0 Å². The van der Waals surface area contributed by atoms with E-state index in [1.165, 1.54) is 7.11 Å². The average Bonchev–Trinajstić information content (AvgIpc) is 2.02. The number of methoxy groups -OCH3 is 1. The molecule has 0 amide bonds. The molecule has 1 saturated heterocycles. The van der Waals surface area contributed by atoms with Crippen LogP contribution in [0.4, 0.5) is 0 Å². The molecular weight excluding hydrogens is 158 g/mol. The van der Waals surface area contributed by atoms with Crippen molar-refractivity contribution in [1.29, 1.82) is 0 Å². The zero-order valence-electron chi connectivity index (χ0n) is 7.55. The predicted molar refractivity (Wildman–Crippen MR) is 43.8 cm³/mol. The number of nitrogens with one attached hydrogen (secondary N) is 1. The number of esters is 1. The van der Waals surface area contributed by atoms with Crippen LogP contribution in [0.2, 0.25) is 0 Å². The summed E-state index contributed by atoms with van der Waals surface area (Å²) in [6, 6.07) is 0. The molecule has 4 nitrogen and oxygen atoms in total. The van der Waals surface area contributed by atoms with Gasteiger partial charge in [-0.3, -0.25) is 4.79 Å². The van der Waals surface area contributed by atoms with Gasteiger partial charge in [0.15, 0.2) is 0 Å². The van der Waals surface area contributed by atoms with E-state index in [9.17, 15) is 4.79 Å². The summed E-state index contributed by atoms with van der Waals surface area (Å²) >= 11 is 0. The molecule has 0 bridgehead atoms. The molecule has 1 aliphatic rings. The number of rotatable bonds is 4. The fraction of sp³-hybridized carbons (Fsp3) is 0.875. The first kappa shape index (κ1) is 9.48. The minimum Gasteiger partial charge on any atom is -0.468 e. The number of carbonyl (C=O) groups is 1. The molecule has 1 rings (SSSR count). The Balaban J connectivity index is 2.44. The highest BCUT2D eigenvalue weighted by Crippen LogP contribution is 2.27. The fourth-order valence-electron chi connectivity index (χ4n) is 1.22. The fourth-order valence-corrected chi connectivity index (χ4v) is 1.22. The van der Waals surface area contributed by atoms with Crippen LogP contribution in [-0.2, 0) is 14.3 Å². The highest BCUT2D eigenvalue weighted by Gasteiger charge is 2.46. The Hall–Kier alpha value is -0.610. The summed E-state index contributed by atoms with van der Waals surface area (Å²) in [6.45, 7) is 4.47. The van der Waals surface area contributed by atoms with E-state index in [2.05, 4.69) is 5.32 Å². The lowest BCUT2D eigenvalue weighted by atomic mass is 9.86. The lowest BCUT2D eigenvalue weighted by molar-refractivity contribution is -0.182. The van der Waals surface area contributed by atoms with Gasteiger partial charge in [0, 0.05) is 6.54 Å². The molecule has 0 radical (unpaired) electrons. The summed E-state index contributed by atoms with van der Waals surface area (Å²) in [5.74, 6) is -0.172. The molecule has 1 aliphatic heterocycles. The summed E-state index contributed by atoms with van der Waals surface area (Å²) in [5.41, 5.74) is -0.412. The SMILES string of the molecule is CCNCC1(C(=O)OC)COC1. The summed E-state index contributed by atoms with van der Waals surface area (Å²) in [4.78, 5) is 11.3. The van der Waals surface area contributed by atoms with Crippen LogP contribution < -0.4 is 5.32 Å². The quantitative estimate of drug-likeness (QED) is 0.597. The molecule has 0 spiro atoms. The summed E-state index contributed by atoms with van der Waals surface area (Å²) < 4.78 is 9.71.